The van der Waals surface area contributed by atoms with Crippen molar-refractivity contribution in [1.29, 1.82) is 0 Å². The maximum Gasteiger partial charge on any atom is 0.164 e. The molecule has 0 aliphatic heterocycles. The van der Waals surface area contributed by atoms with Crippen LogP contribution in [0.25, 0.3) is 0 Å². The molecule has 0 N–H and O–H groups in total. The summed E-state index contributed by atoms with van der Waals surface area (Å²) in [4.78, 5) is 14.6. The van der Waals surface area contributed by atoms with Gasteiger partial charge in [0.2, 0.25) is 0 Å². The van der Waals surface area contributed by atoms with Gasteiger partial charge < -0.3 is 0 Å². The molecule has 0 heterocycles. The Kier molecular flexibility index (Phi) is 5.17. The van der Waals surface area contributed by atoms with Crippen molar-refractivity contribution in [1.82, 2.24) is 4.90 Å². The average Bonchev–Trinajstić information content (AvgIpc) is 3.18. The second-order valence-corrected chi connectivity index (χ2v) is 6.72. The molecule has 1 aromatic rings. The Hall–Kier alpha value is -0.670. The highest BCUT2D eigenvalue weighted by Crippen LogP contribution is 2.27. The Labute approximate surface area is 124 Å². The smallest absolute Gasteiger partial charge is 0.164 e. The Bertz CT molecular complexity index is 423. The molecule has 104 valence electrons. The van der Waals surface area contributed by atoms with E-state index in [9.17, 15) is 4.79 Å². The topological polar surface area (TPSA) is 20.3 Å². The second kappa shape index (κ2) is 6.67. The number of Topliss-reactive ketones (excluding diaryl/α,β-unsaturated/α-hetero) is 1. The number of ketones is 1. The zero-order valence-corrected chi connectivity index (χ0v) is 13.3. The van der Waals surface area contributed by atoms with Crippen LogP contribution >= 0.6 is 15.9 Å². The molecule has 1 saturated carbocycles. The number of halogens is 1. The fraction of sp³-hybridized carbons (Fsp3) is 0.562. The molecule has 0 radical (unpaired) electrons. The number of benzene rings is 1. The van der Waals surface area contributed by atoms with E-state index in [2.05, 4.69) is 34.7 Å². The summed E-state index contributed by atoms with van der Waals surface area (Å²) in [6.07, 6.45) is 3.24. The van der Waals surface area contributed by atoms with Crippen LogP contribution in [0.5, 0.6) is 0 Å². The quantitative estimate of drug-likeness (QED) is 0.703. The van der Waals surface area contributed by atoms with Gasteiger partial charge >= 0.3 is 0 Å². The van der Waals surface area contributed by atoms with Crippen LogP contribution in [0.4, 0.5) is 0 Å². The van der Waals surface area contributed by atoms with Crippen LogP contribution < -0.4 is 0 Å². The van der Waals surface area contributed by atoms with Gasteiger partial charge in [-0.3, -0.25) is 9.69 Å². The maximum atomic E-state index is 12.1. The highest BCUT2D eigenvalue weighted by atomic mass is 79.9. The molecule has 0 spiro atoms. The Balaban J connectivity index is 1.86. The Morgan fingerprint density at radius 3 is 2.47 bits per heavy atom. The van der Waals surface area contributed by atoms with Crippen LogP contribution in [0.1, 0.15) is 43.5 Å². The van der Waals surface area contributed by atoms with Gasteiger partial charge in [0.05, 0.1) is 0 Å². The van der Waals surface area contributed by atoms with Gasteiger partial charge in [-0.1, -0.05) is 41.9 Å². The minimum absolute atomic E-state index is 0.252. The van der Waals surface area contributed by atoms with Crippen molar-refractivity contribution in [3.63, 3.8) is 0 Å². The lowest BCUT2D eigenvalue weighted by molar-refractivity contribution is 0.0958. The first kappa shape index (κ1) is 14.7. The number of nitrogens with zero attached hydrogens (tertiary/aromatic N) is 1. The fourth-order valence-corrected chi connectivity index (χ4v) is 2.62. The SMILES string of the molecule is CC(C)CN(CCC(=O)c1ccc(Br)cc1)C1CC1. The predicted molar refractivity (Wildman–Crippen MR) is 82.5 cm³/mol. The van der Waals surface area contributed by atoms with Gasteiger partial charge in [-0.15, -0.1) is 0 Å². The summed E-state index contributed by atoms with van der Waals surface area (Å²) in [5, 5.41) is 0. The second-order valence-electron chi connectivity index (χ2n) is 5.80. The number of carbonyl (C=O) groups excluding carboxylic acids is 1. The predicted octanol–water partition coefficient (Wildman–Crippen LogP) is 4.14. The van der Waals surface area contributed by atoms with Gasteiger partial charge in [-0.2, -0.15) is 0 Å². The number of hydrogen-bond acceptors (Lipinski definition) is 2. The summed E-state index contributed by atoms with van der Waals surface area (Å²) in [5.74, 6) is 0.922. The molecule has 1 fully saturated rings. The van der Waals surface area contributed by atoms with Crippen LogP contribution in [0.2, 0.25) is 0 Å². The maximum absolute atomic E-state index is 12.1. The van der Waals surface area contributed by atoms with E-state index in [-0.39, 0.29) is 5.78 Å². The monoisotopic (exact) mass is 323 g/mol. The normalized spacial score (nSPS) is 15.2. The van der Waals surface area contributed by atoms with Crippen molar-refractivity contribution in [2.75, 3.05) is 13.1 Å². The zero-order valence-electron chi connectivity index (χ0n) is 11.7. The summed E-state index contributed by atoms with van der Waals surface area (Å²) in [5.41, 5.74) is 0.823. The van der Waals surface area contributed by atoms with E-state index in [1.54, 1.807) is 0 Å². The molecule has 0 bridgehead atoms. The molecular weight excluding hydrogens is 302 g/mol. The third kappa shape index (κ3) is 4.73. The van der Waals surface area contributed by atoms with E-state index >= 15 is 0 Å². The van der Waals surface area contributed by atoms with E-state index in [1.807, 2.05) is 24.3 Å². The highest BCUT2D eigenvalue weighted by molar-refractivity contribution is 9.10. The summed E-state index contributed by atoms with van der Waals surface area (Å²) >= 11 is 3.39. The van der Waals surface area contributed by atoms with Crippen molar-refractivity contribution < 1.29 is 4.79 Å². The van der Waals surface area contributed by atoms with E-state index in [4.69, 9.17) is 0 Å². The van der Waals surface area contributed by atoms with Crippen LogP contribution in [-0.2, 0) is 0 Å². The lowest BCUT2D eigenvalue weighted by Crippen LogP contribution is -2.32. The molecule has 2 nitrogen and oxygen atoms in total. The number of carbonyl (C=O) groups is 1. The van der Waals surface area contributed by atoms with Crippen LogP contribution in [0.15, 0.2) is 28.7 Å². The zero-order chi connectivity index (χ0) is 13.8. The molecule has 0 amide bonds. The van der Waals surface area contributed by atoms with Crippen molar-refractivity contribution >= 4 is 21.7 Å². The molecule has 1 aromatic carbocycles. The molecule has 19 heavy (non-hydrogen) atoms. The minimum Gasteiger partial charge on any atom is -0.300 e. The molecule has 1 aliphatic rings. The van der Waals surface area contributed by atoms with Gasteiger partial charge in [0, 0.05) is 35.6 Å². The lowest BCUT2D eigenvalue weighted by Gasteiger charge is -2.23. The summed E-state index contributed by atoms with van der Waals surface area (Å²) < 4.78 is 1.02. The lowest BCUT2D eigenvalue weighted by atomic mass is 10.1. The first-order chi connectivity index (χ1) is 9.06. The molecular formula is C16H22BrNO. The van der Waals surface area contributed by atoms with Crippen LogP contribution in [0.3, 0.4) is 0 Å². The molecule has 2 rings (SSSR count). The number of hydrogen-bond donors (Lipinski definition) is 0. The van der Waals surface area contributed by atoms with Gasteiger partial charge in [0.15, 0.2) is 5.78 Å². The highest BCUT2D eigenvalue weighted by Gasteiger charge is 2.29. The minimum atomic E-state index is 0.252. The van der Waals surface area contributed by atoms with Crippen LogP contribution in [0, 0.1) is 5.92 Å². The van der Waals surface area contributed by atoms with E-state index in [0.717, 1.165) is 29.2 Å². The van der Waals surface area contributed by atoms with Crippen molar-refractivity contribution in [2.45, 2.75) is 39.2 Å². The summed E-state index contributed by atoms with van der Waals surface area (Å²) in [6, 6.07) is 8.40. The van der Waals surface area contributed by atoms with Crippen molar-refractivity contribution in [2.24, 2.45) is 5.92 Å². The number of rotatable bonds is 7. The average molecular weight is 324 g/mol. The van der Waals surface area contributed by atoms with Crippen molar-refractivity contribution in [3.05, 3.63) is 34.3 Å². The van der Waals surface area contributed by atoms with Gasteiger partial charge in [-0.25, -0.2) is 0 Å². The first-order valence-electron chi connectivity index (χ1n) is 7.09. The molecule has 0 aromatic heterocycles. The van der Waals surface area contributed by atoms with E-state index < -0.39 is 0 Å². The summed E-state index contributed by atoms with van der Waals surface area (Å²) in [6.45, 7) is 6.49. The fourth-order valence-electron chi connectivity index (χ4n) is 2.36. The van der Waals surface area contributed by atoms with Gasteiger partial charge in [0.1, 0.15) is 0 Å². The summed E-state index contributed by atoms with van der Waals surface area (Å²) in [7, 11) is 0. The standard InChI is InChI=1S/C16H22BrNO/c1-12(2)11-18(15-7-8-15)10-9-16(19)13-3-5-14(17)6-4-13/h3-6,12,15H,7-11H2,1-2H3. The third-order valence-corrected chi connectivity index (χ3v) is 3.98. The first-order valence-corrected chi connectivity index (χ1v) is 7.88. The van der Waals surface area contributed by atoms with Crippen molar-refractivity contribution in [3.8, 4) is 0 Å². The Morgan fingerprint density at radius 2 is 1.95 bits per heavy atom. The molecule has 0 atom stereocenters. The largest absolute Gasteiger partial charge is 0.300 e. The van der Waals surface area contributed by atoms with Crippen LogP contribution in [-0.4, -0.2) is 29.8 Å². The van der Waals surface area contributed by atoms with E-state index in [0.29, 0.717) is 12.3 Å². The Morgan fingerprint density at radius 1 is 1.32 bits per heavy atom. The molecule has 1 aliphatic carbocycles. The molecule has 3 heteroatoms. The third-order valence-electron chi connectivity index (χ3n) is 3.46. The van der Waals surface area contributed by atoms with Gasteiger partial charge in [0.25, 0.3) is 0 Å². The molecule has 0 unspecified atom stereocenters. The van der Waals surface area contributed by atoms with E-state index in [1.165, 1.54) is 12.8 Å². The molecule has 0 saturated heterocycles. The van der Waals surface area contributed by atoms with Gasteiger partial charge in [-0.05, 0) is 30.9 Å².